The average molecular weight is 390 g/mol. The van der Waals surface area contributed by atoms with Crippen molar-refractivity contribution in [2.24, 2.45) is 5.92 Å². The minimum Gasteiger partial charge on any atom is -0.339 e. The number of likely N-dealkylation sites (tertiary alicyclic amines) is 1. The largest absolute Gasteiger partial charge is 0.417 e. The number of hydrogen-bond donors (Lipinski definition) is 1. The van der Waals surface area contributed by atoms with Gasteiger partial charge in [-0.2, -0.15) is 13.2 Å². The SMILES string of the molecule is O=C1C[C@H](CNS(=O)(=O)c2ccccc2C(F)(F)F)CN1C1CCCC1. The van der Waals surface area contributed by atoms with E-state index in [0.29, 0.717) is 6.54 Å². The van der Waals surface area contributed by atoms with E-state index in [0.717, 1.165) is 43.9 Å². The number of halogens is 3. The molecule has 0 bridgehead atoms. The third kappa shape index (κ3) is 4.03. The molecule has 0 aromatic heterocycles. The highest BCUT2D eigenvalue weighted by Crippen LogP contribution is 2.34. The predicted molar refractivity (Wildman–Crippen MR) is 88.7 cm³/mol. The quantitative estimate of drug-likeness (QED) is 0.841. The van der Waals surface area contributed by atoms with Gasteiger partial charge in [0.05, 0.1) is 10.5 Å². The predicted octanol–water partition coefficient (Wildman–Crippen LogP) is 2.77. The molecule has 1 saturated heterocycles. The van der Waals surface area contributed by atoms with Gasteiger partial charge in [0.2, 0.25) is 15.9 Å². The zero-order valence-corrected chi connectivity index (χ0v) is 14.9. The molecule has 2 aliphatic rings. The summed E-state index contributed by atoms with van der Waals surface area (Å²) in [6.07, 6.45) is -0.444. The van der Waals surface area contributed by atoms with E-state index >= 15 is 0 Å². The smallest absolute Gasteiger partial charge is 0.339 e. The fourth-order valence-electron chi connectivity index (χ4n) is 3.75. The molecule has 1 aliphatic heterocycles. The molecule has 1 saturated carbocycles. The summed E-state index contributed by atoms with van der Waals surface area (Å²) < 4.78 is 66.1. The molecule has 1 amide bonds. The lowest BCUT2D eigenvalue weighted by Crippen LogP contribution is -2.36. The van der Waals surface area contributed by atoms with Crippen molar-refractivity contribution in [2.45, 2.75) is 49.2 Å². The topological polar surface area (TPSA) is 66.5 Å². The maximum absolute atomic E-state index is 13.1. The molecule has 1 atom stereocenters. The van der Waals surface area contributed by atoms with Crippen molar-refractivity contribution in [3.63, 3.8) is 0 Å². The highest BCUT2D eigenvalue weighted by molar-refractivity contribution is 7.89. The summed E-state index contributed by atoms with van der Waals surface area (Å²) in [6, 6.07) is 4.31. The molecular weight excluding hydrogens is 369 g/mol. The maximum Gasteiger partial charge on any atom is 0.417 e. The van der Waals surface area contributed by atoms with Crippen molar-refractivity contribution in [1.82, 2.24) is 9.62 Å². The molecule has 1 aromatic carbocycles. The van der Waals surface area contributed by atoms with Crippen molar-refractivity contribution in [1.29, 1.82) is 0 Å². The average Bonchev–Trinajstić information content (AvgIpc) is 3.21. The van der Waals surface area contributed by atoms with Gasteiger partial charge in [0, 0.05) is 25.6 Å². The first kappa shape index (κ1) is 19.2. The van der Waals surface area contributed by atoms with E-state index in [-0.39, 0.29) is 30.8 Å². The number of alkyl halides is 3. The van der Waals surface area contributed by atoms with Gasteiger partial charge in [-0.1, -0.05) is 25.0 Å². The van der Waals surface area contributed by atoms with Crippen LogP contribution in [0.5, 0.6) is 0 Å². The van der Waals surface area contributed by atoms with Crippen LogP contribution in [0.2, 0.25) is 0 Å². The Hall–Kier alpha value is -1.61. The lowest BCUT2D eigenvalue weighted by Gasteiger charge is -2.24. The number of nitrogens with zero attached hydrogens (tertiary/aromatic N) is 1. The molecular formula is C17H21F3N2O3S. The Bertz CT molecular complexity index is 774. The molecule has 0 unspecified atom stereocenters. The molecule has 1 heterocycles. The van der Waals surface area contributed by atoms with Crippen molar-refractivity contribution < 1.29 is 26.4 Å². The summed E-state index contributed by atoms with van der Waals surface area (Å²) in [4.78, 5) is 13.2. The summed E-state index contributed by atoms with van der Waals surface area (Å²) >= 11 is 0. The van der Waals surface area contributed by atoms with Crippen LogP contribution in [-0.4, -0.2) is 38.4 Å². The van der Waals surface area contributed by atoms with Crippen LogP contribution in [0.4, 0.5) is 13.2 Å². The van der Waals surface area contributed by atoms with Gasteiger partial charge in [-0.05, 0) is 30.9 Å². The second kappa shape index (κ2) is 7.19. The normalized spacial score (nSPS) is 22.3. The van der Waals surface area contributed by atoms with Gasteiger partial charge in [0.1, 0.15) is 0 Å². The third-order valence-electron chi connectivity index (χ3n) is 5.05. The monoisotopic (exact) mass is 390 g/mol. The number of sulfonamides is 1. The minimum absolute atomic E-state index is 0.00297. The lowest BCUT2D eigenvalue weighted by atomic mass is 10.1. The van der Waals surface area contributed by atoms with Gasteiger partial charge >= 0.3 is 6.18 Å². The highest BCUT2D eigenvalue weighted by Gasteiger charge is 2.38. The minimum atomic E-state index is -4.76. The Balaban J connectivity index is 1.67. The summed E-state index contributed by atoms with van der Waals surface area (Å²) in [7, 11) is -4.32. The number of hydrogen-bond acceptors (Lipinski definition) is 3. The molecule has 9 heteroatoms. The Morgan fingerprint density at radius 1 is 1.15 bits per heavy atom. The summed E-state index contributed by atoms with van der Waals surface area (Å²) in [5, 5.41) is 0. The molecule has 0 radical (unpaired) electrons. The number of carbonyl (C=O) groups is 1. The molecule has 1 aliphatic carbocycles. The van der Waals surface area contributed by atoms with E-state index in [1.165, 1.54) is 6.07 Å². The summed E-state index contributed by atoms with van der Waals surface area (Å²) in [6.45, 7) is 0.399. The molecule has 1 aromatic rings. The van der Waals surface area contributed by atoms with Gasteiger partial charge in [-0.3, -0.25) is 4.79 Å². The first-order valence-electron chi connectivity index (χ1n) is 8.64. The second-order valence-electron chi connectivity index (χ2n) is 6.90. The Morgan fingerprint density at radius 3 is 2.46 bits per heavy atom. The Labute approximate surface area is 150 Å². The zero-order chi connectivity index (χ0) is 18.9. The fraction of sp³-hybridized carbons (Fsp3) is 0.588. The fourth-order valence-corrected chi connectivity index (χ4v) is 5.10. The van der Waals surface area contributed by atoms with Crippen molar-refractivity contribution >= 4 is 15.9 Å². The number of carbonyl (C=O) groups excluding carboxylic acids is 1. The standard InChI is InChI=1S/C17H21F3N2O3S/c18-17(19,20)14-7-3-4-8-15(14)26(24,25)21-10-12-9-16(23)22(11-12)13-5-1-2-6-13/h3-4,7-8,12-13,21H,1-2,5-6,9-11H2/t12-/m1/s1. The first-order chi connectivity index (χ1) is 12.2. The Kier molecular flexibility index (Phi) is 5.30. The van der Waals surface area contributed by atoms with Crippen molar-refractivity contribution in [2.75, 3.05) is 13.1 Å². The van der Waals surface area contributed by atoms with Crippen LogP contribution in [0.1, 0.15) is 37.7 Å². The third-order valence-corrected chi connectivity index (χ3v) is 6.53. The molecule has 144 valence electrons. The summed E-state index contributed by atoms with van der Waals surface area (Å²) in [5.41, 5.74) is -1.19. The molecule has 0 spiro atoms. The number of rotatable bonds is 5. The van der Waals surface area contributed by atoms with Crippen molar-refractivity contribution in [3.8, 4) is 0 Å². The molecule has 5 nitrogen and oxygen atoms in total. The first-order valence-corrected chi connectivity index (χ1v) is 10.1. The van der Waals surface area contributed by atoms with Crippen LogP contribution in [0.3, 0.4) is 0 Å². The van der Waals surface area contributed by atoms with Crippen LogP contribution in [-0.2, 0) is 21.0 Å². The molecule has 2 fully saturated rings. The van der Waals surface area contributed by atoms with Crippen LogP contribution >= 0.6 is 0 Å². The number of benzene rings is 1. The van der Waals surface area contributed by atoms with E-state index in [2.05, 4.69) is 4.72 Å². The van der Waals surface area contributed by atoms with Crippen LogP contribution in [0.15, 0.2) is 29.2 Å². The lowest BCUT2D eigenvalue weighted by molar-refractivity contribution is -0.139. The van der Waals surface area contributed by atoms with E-state index in [1.807, 2.05) is 0 Å². The van der Waals surface area contributed by atoms with Gasteiger partial charge in [0.15, 0.2) is 0 Å². The number of amides is 1. The number of nitrogens with one attached hydrogen (secondary N) is 1. The molecule has 1 N–H and O–H groups in total. The van der Waals surface area contributed by atoms with Crippen molar-refractivity contribution in [3.05, 3.63) is 29.8 Å². The molecule has 26 heavy (non-hydrogen) atoms. The van der Waals surface area contributed by atoms with Crippen LogP contribution in [0, 0.1) is 5.92 Å². The molecule has 3 rings (SSSR count). The van der Waals surface area contributed by atoms with Gasteiger partial charge in [-0.25, -0.2) is 13.1 Å². The van der Waals surface area contributed by atoms with E-state index < -0.39 is 26.7 Å². The van der Waals surface area contributed by atoms with Gasteiger partial charge < -0.3 is 4.90 Å². The second-order valence-corrected chi connectivity index (χ2v) is 8.64. The van der Waals surface area contributed by atoms with Crippen LogP contribution in [0.25, 0.3) is 0 Å². The van der Waals surface area contributed by atoms with E-state index in [9.17, 15) is 26.4 Å². The summed E-state index contributed by atoms with van der Waals surface area (Å²) in [5.74, 6) is -0.229. The van der Waals surface area contributed by atoms with Crippen LogP contribution < -0.4 is 4.72 Å². The van der Waals surface area contributed by atoms with Gasteiger partial charge in [-0.15, -0.1) is 0 Å². The Morgan fingerprint density at radius 2 is 1.81 bits per heavy atom. The van der Waals surface area contributed by atoms with E-state index in [1.54, 1.807) is 4.90 Å². The zero-order valence-electron chi connectivity index (χ0n) is 14.1. The van der Waals surface area contributed by atoms with E-state index in [4.69, 9.17) is 0 Å². The maximum atomic E-state index is 13.1. The van der Waals surface area contributed by atoms with Gasteiger partial charge in [0.25, 0.3) is 0 Å². The highest BCUT2D eigenvalue weighted by atomic mass is 32.2.